The number of nitrogens with zero attached hydrogens (tertiary/aromatic N) is 2. The van der Waals surface area contributed by atoms with E-state index in [1.165, 1.54) is 0 Å². The van der Waals surface area contributed by atoms with Crippen LogP contribution in [0.3, 0.4) is 0 Å². The first kappa shape index (κ1) is 23.7. The molecule has 0 aliphatic heterocycles. The maximum absolute atomic E-state index is 12.6. The fourth-order valence-electron chi connectivity index (χ4n) is 4.40. The summed E-state index contributed by atoms with van der Waals surface area (Å²) in [4.78, 5) is 28.2. The lowest BCUT2D eigenvalue weighted by Gasteiger charge is -2.35. The molecule has 2 aliphatic rings. The highest BCUT2D eigenvalue weighted by molar-refractivity contribution is 5.70. The van der Waals surface area contributed by atoms with E-state index in [2.05, 4.69) is 0 Å². The van der Waals surface area contributed by atoms with Crippen LogP contribution in [0.5, 0.6) is 0 Å². The van der Waals surface area contributed by atoms with Gasteiger partial charge in [0.1, 0.15) is 0 Å². The van der Waals surface area contributed by atoms with Crippen LogP contribution in [0.25, 0.3) is 0 Å². The predicted molar refractivity (Wildman–Crippen MR) is 108 cm³/mol. The van der Waals surface area contributed by atoms with Gasteiger partial charge in [0, 0.05) is 25.2 Å². The van der Waals surface area contributed by atoms with Crippen LogP contribution in [0.4, 0.5) is 9.59 Å². The van der Waals surface area contributed by atoms with Gasteiger partial charge in [-0.1, -0.05) is 38.5 Å². The lowest BCUT2D eigenvalue weighted by Crippen LogP contribution is -2.47. The van der Waals surface area contributed by atoms with Crippen LogP contribution in [-0.2, 0) is 9.47 Å². The van der Waals surface area contributed by atoms with Crippen molar-refractivity contribution >= 4 is 12.2 Å². The van der Waals surface area contributed by atoms with Crippen LogP contribution in [0, 0.1) is 0 Å². The van der Waals surface area contributed by atoms with Crippen molar-refractivity contribution in [1.29, 1.82) is 0 Å². The van der Waals surface area contributed by atoms with E-state index < -0.39 is 31.2 Å². The second-order valence-electron chi connectivity index (χ2n) is 8.52. The average Bonchev–Trinajstić information content (AvgIpc) is 2.71. The van der Waals surface area contributed by atoms with E-state index in [0.717, 1.165) is 64.2 Å². The first-order valence-electron chi connectivity index (χ1n) is 11.1. The quantitative estimate of drug-likeness (QED) is 0.592. The first-order valence-corrected chi connectivity index (χ1v) is 11.1. The Bertz CT molecular complexity index is 457. The molecule has 2 N–H and O–H groups in total. The second kappa shape index (κ2) is 12.2. The van der Waals surface area contributed by atoms with Crippen LogP contribution in [0.15, 0.2) is 0 Å². The molecule has 2 unspecified atom stereocenters. The Labute approximate surface area is 174 Å². The predicted octanol–water partition coefficient (Wildman–Crippen LogP) is 3.25. The fourth-order valence-corrected chi connectivity index (χ4v) is 4.40. The summed E-state index contributed by atoms with van der Waals surface area (Å²) in [6.07, 6.45) is 7.68. The minimum Gasteiger partial charge on any atom is -0.411 e. The smallest absolute Gasteiger partial charge is 0.411 e. The Morgan fingerprint density at radius 1 is 0.759 bits per heavy atom. The third kappa shape index (κ3) is 8.01. The van der Waals surface area contributed by atoms with Crippen molar-refractivity contribution in [2.45, 2.75) is 102 Å². The molecule has 2 amide bonds. The third-order valence-electron chi connectivity index (χ3n) is 5.79. The molecule has 2 atom stereocenters. The van der Waals surface area contributed by atoms with Crippen molar-refractivity contribution < 1.29 is 29.3 Å². The molecule has 8 heteroatoms. The summed E-state index contributed by atoms with van der Waals surface area (Å²) in [5, 5.41) is 19.5. The molecule has 0 heterocycles. The summed E-state index contributed by atoms with van der Waals surface area (Å²) in [7, 11) is 0. The molecule has 0 saturated heterocycles. The molecule has 2 aliphatic carbocycles. The first-order chi connectivity index (χ1) is 13.9. The van der Waals surface area contributed by atoms with E-state index in [1.807, 2.05) is 0 Å². The third-order valence-corrected chi connectivity index (χ3v) is 5.79. The van der Waals surface area contributed by atoms with E-state index in [1.54, 1.807) is 23.6 Å². The molecule has 29 heavy (non-hydrogen) atoms. The van der Waals surface area contributed by atoms with E-state index in [-0.39, 0.29) is 25.2 Å². The largest absolute Gasteiger partial charge is 0.412 e. The van der Waals surface area contributed by atoms with E-state index in [9.17, 15) is 19.8 Å². The van der Waals surface area contributed by atoms with Crippen LogP contribution in [0.1, 0.15) is 78.1 Å². The highest BCUT2D eigenvalue weighted by Crippen LogP contribution is 2.25. The normalized spacial score (nSPS) is 20.6. The maximum Gasteiger partial charge on any atom is 0.412 e. The van der Waals surface area contributed by atoms with Crippen LogP contribution >= 0.6 is 0 Å². The van der Waals surface area contributed by atoms with Crippen molar-refractivity contribution in [2.75, 3.05) is 19.9 Å². The second-order valence-corrected chi connectivity index (χ2v) is 8.52. The zero-order valence-electron chi connectivity index (χ0n) is 17.9. The topological polar surface area (TPSA) is 99.5 Å². The molecule has 0 bridgehead atoms. The lowest BCUT2D eigenvalue weighted by molar-refractivity contribution is -0.0261. The number of amides is 2. The molecule has 2 saturated carbocycles. The number of aliphatic hydroxyl groups excluding tert-OH is 2. The molecule has 168 valence electrons. The Kier molecular flexibility index (Phi) is 10.0. The Hall–Kier alpha value is -1.54. The van der Waals surface area contributed by atoms with Gasteiger partial charge >= 0.3 is 12.2 Å². The maximum atomic E-state index is 12.6. The molecule has 0 spiro atoms. The van der Waals surface area contributed by atoms with Crippen molar-refractivity contribution in [1.82, 2.24) is 9.80 Å². The van der Waals surface area contributed by atoms with Crippen molar-refractivity contribution in [3.63, 3.8) is 0 Å². The Balaban J connectivity index is 1.86. The zero-order chi connectivity index (χ0) is 21.2. The number of aliphatic hydroxyl groups is 2. The van der Waals surface area contributed by atoms with Crippen LogP contribution < -0.4 is 0 Å². The van der Waals surface area contributed by atoms with Gasteiger partial charge in [0.15, 0.2) is 0 Å². The monoisotopic (exact) mass is 414 g/mol. The minimum atomic E-state index is -0.653. The molecular formula is C21H38N2O6. The number of hydrogen-bond acceptors (Lipinski definition) is 6. The number of ether oxygens (including phenoxy) is 2. The number of carbonyl (C=O) groups excluding carboxylic acids is 2. The van der Waals surface area contributed by atoms with Gasteiger partial charge in [-0.3, -0.25) is 0 Å². The summed E-state index contributed by atoms with van der Waals surface area (Å²) in [5.41, 5.74) is 0. The van der Waals surface area contributed by atoms with E-state index in [0.29, 0.717) is 0 Å². The summed E-state index contributed by atoms with van der Waals surface area (Å²) < 4.78 is 10.4. The average molecular weight is 415 g/mol. The van der Waals surface area contributed by atoms with Gasteiger partial charge in [0.25, 0.3) is 0 Å². The molecule has 0 aromatic rings. The summed E-state index contributed by atoms with van der Waals surface area (Å²) in [5.74, 6) is 0. The lowest BCUT2D eigenvalue weighted by atomic mass is 9.94. The van der Waals surface area contributed by atoms with Gasteiger partial charge < -0.3 is 29.5 Å². The van der Waals surface area contributed by atoms with Gasteiger partial charge in [-0.05, 0) is 39.5 Å². The molecular weight excluding hydrogens is 376 g/mol. The number of rotatable bonds is 8. The standard InChI is InChI=1S/C21H38N2O6/c1-16(24)13-22(18-9-5-3-6-10-18)20(26)28-15-29-21(27)23(14-17(2)25)19-11-7-4-8-12-19/h16-19,24-25H,3-15H2,1-2H3. The van der Waals surface area contributed by atoms with Gasteiger partial charge in [0.2, 0.25) is 6.79 Å². The summed E-state index contributed by atoms with van der Waals surface area (Å²) >= 11 is 0. The van der Waals surface area contributed by atoms with E-state index in [4.69, 9.17) is 9.47 Å². The highest BCUT2D eigenvalue weighted by atomic mass is 16.7. The molecule has 0 aromatic heterocycles. The van der Waals surface area contributed by atoms with Gasteiger partial charge in [-0.25, -0.2) is 9.59 Å². The van der Waals surface area contributed by atoms with Crippen LogP contribution in [-0.4, -0.2) is 76.4 Å². The molecule has 8 nitrogen and oxygen atoms in total. The Morgan fingerprint density at radius 2 is 1.10 bits per heavy atom. The fraction of sp³-hybridized carbons (Fsp3) is 0.905. The SMILES string of the molecule is CC(O)CN(C(=O)OCOC(=O)N(CC(C)O)C1CCCCC1)C1CCCCC1. The summed E-state index contributed by atoms with van der Waals surface area (Å²) in [6, 6.07) is 0.103. The van der Waals surface area contributed by atoms with Gasteiger partial charge in [-0.15, -0.1) is 0 Å². The number of hydrogen-bond donors (Lipinski definition) is 2. The number of carbonyl (C=O) groups is 2. The molecule has 0 aromatic carbocycles. The summed E-state index contributed by atoms with van der Waals surface area (Å²) in [6.45, 7) is 3.22. The van der Waals surface area contributed by atoms with Crippen molar-refractivity contribution in [2.24, 2.45) is 0 Å². The minimum absolute atomic E-state index is 0.0514. The van der Waals surface area contributed by atoms with Crippen molar-refractivity contribution in [3.05, 3.63) is 0 Å². The van der Waals surface area contributed by atoms with Crippen molar-refractivity contribution in [3.8, 4) is 0 Å². The molecule has 2 rings (SSSR count). The Morgan fingerprint density at radius 3 is 1.41 bits per heavy atom. The molecule has 0 radical (unpaired) electrons. The molecule has 2 fully saturated rings. The van der Waals surface area contributed by atoms with Gasteiger partial charge in [-0.2, -0.15) is 0 Å². The zero-order valence-corrected chi connectivity index (χ0v) is 17.9. The van der Waals surface area contributed by atoms with Crippen LogP contribution in [0.2, 0.25) is 0 Å². The highest BCUT2D eigenvalue weighted by Gasteiger charge is 2.30. The van der Waals surface area contributed by atoms with E-state index >= 15 is 0 Å². The van der Waals surface area contributed by atoms with Gasteiger partial charge in [0.05, 0.1) is 12.2 Å².